The molecule has 0 fully saturated rings. The third kappa shape index (κ3) is 2.77. The molecule has 4 nitrogen and oxygen atoms in total. The molecule has 0 bridgehead atoms. The molecule has 0 saturated carbocycles. The van der Waals surface area contributed by atoms with Gasteiger partial charge in [-0.1, -0.05) is 0 Å². The standard InChI is InChI=1S/C7H8F3N3O/c8-7(9,10)6(13-11)12-4-5-2-1-3-14-5/h1-3H,4,11H2,(H,12,13). The second-order valence-corrected chi connectivity index (χ2v) is 2.39. The Morgan fingerprint density at radius 3 is 2.71 bits per heavy atom. The van der Waals surface area contributed by atoms with Gasteiger partial charge in [-0.15, -0.1) is 0 Å². The summed E-state index contributed by atoms with van der Waals surface area (Å²) in [5, 5.41) is 0. The van der Waals surface area contributed by atoms with E-state index in [0.717, 1.165) is 0 Å². The number of hydrazine groups is 1. The van der Waals surface area contributed by atoms with E-state index in [2.05, 4.69) is 10.8 Å². The second kappa shape index (κ2) is 4.14. The fourth-order valence-corrected chi connectivity index (χ4v) is 0.777. The summed E-state index contributed by atoms with van der Waals surface area (Å²) in [4.78, 5) is 3.22. The van der Waals surface area contributed by atoms with E-state index in [4.69, 9.17) is 4.42 Å². The van der Waals surface area contributed by atoms with Gasteiger partial charge < -0.3 is 9.84 Å². The van der Waals surface area contributed by atoms with Crippen LogP contribution >= 0.6 is 0 Å². The Hall–Kier alpha value is -1.50. The highest BCUT2D eigenvalue weighted by molar-refractivity contribution is 5.86. The minimum atomic E-state index is -4.57. The molecule has 3 N–H and O–H groups in total. The smallest absolute Gasteiger partial charge is 0.450 e. The van der Waals surface area contributed by atoms with Gasteiger partial charge in [0.15, 0.2) is 0 Å². The zero-order valence-corrected chi connectivity index (χ0v) is 7.01. The molecule has 1 heterocycles. The molecule has 0 radical (unpaired) electrons. The van der Waals surface area contributed by atoms with Crippen LogP contribution in [0.1, 0.15) is 5.76 Å². The van der Waals surface area contributed by atoms with Crippen molar-refractivity contribution in [2.45, 2.75) is 12.7 Å². The summed E-state index contributed by atoms with van der Waals surface area (Å²) in [5.74, 6) is 3.77. The number of furan rings is 1. The highest BCUT2D eigenvalue weighted by atomic mass is 19.4. The summed E-state index contributed by atoms with van der Waals surface area (Å²) in [6.45, 7) is -0.202. The van der Waals surface area contributed by atoms with Gasteiger partial charge >= 0.3 is 6.18 Å². The number of nitrogens with one attached hydrogen (secondary N) is 1. The topological polar surface area (TPSA) is 63.5 Å². The quantitative estimate of drug-likeness (QED) is 0.331. The summed E-state index contributed by atoms with van der Waals surface area (Å²) < 4.78 is 40.9. The van der Waals surface area contributed by atoms with Gasteiger partial charge in [-0.2, -0.15) is 13.2 Å². The fourth-order valence-electron chi connectivity index (χ4n) is 0.777. The van der Waals surface area contributed by atoms with E-state index in [9.17, 15) is 13.2 Å². The number of nitrogens with two attached hydrogens (primary N) is 1. The van der Waals surface area contributed by atoms with E-state index < -0.39 is 12.0 Å². The molecule has 0 unspecified atom stereocenters. The summed E-state index contributed by atoms with van der Waals surface area (Å²) in [7, 11) is 0. The number of hydrogen-bond acceptors (Lipinski definition) is 3. The van der Waals surface area contributed by atoms with Crippen LogP contribution in [-0.4, -0.2) is 12.0 Å². The molecule has 0 aromatic carbocycles. The molecule has 1 aromatic rings. The second-order valence-electron chi connectivity index (χ2n) is 2.39. The molecule has 0 aliphatic carbocycles. The Morgan fingerprint density at radius 1 is 1.57 bits per heavy atom. The minimum Gasteiger partial charge on any atom is -0.467 e. The van der Waals surface area contributed by atoms with Gasteiger partial charge in [-0.3, -0.25) is 4.99 Å². The van der Waals surface area contributed by atoms with Crippen molar-refractivity contribution in [2.75, 3.05) is 0 Å². The first-order valence-corrected chi connectivity index (χ1v) is 3.64. The average Bonchev–Trinajstić information content (AvgIpc) is 2.55. The van der Waals surface area contributed by atoms with Crippen molar-refractivity contribution in [2.24, 2.45) is 10.8 Å². The largest absolute Gasteiger partial charge is 0.467 e. The zero-order valence-electron chi connectivity index (χ0n) is 7.01. The number of rotatable bonds is 2. The van der Waals surface area contributed by atoms with Crippen molar-refractivity contribution in [3.63, 3.8) is 0 Å². The van der Waals surface area contributed by atoms with Crippen LogP contribution in [0.4, 0.5) is 13.2 Å². The number of nitrogens with zero attached hydrogens (tertiary/aromatic N) is 1. The van der Waals surface area contributed by atoms with Crippen LogP contribution in [-0.2, 0) is 6.54 Å². The number of amidine groups is 1. The Labute approximate surface area is 77.6 Å². The van der Waals surface area contributed by atoms with E-state index in [-0.39, 0.29) is 6.54 Å². The molecule has 1 aromatic heterocycles. The first-order valence-electron chi connectivity index (χ1n) is 3.64. The molecule has 0 atom stereocenters. The molecule has 1 rings (SSSR count). The Kier molecular flexibility index (Phi) is 3.13. The van der Waals surface area contributed by atoms with Crippen LogP contribution in [0.15, 0.2) is 27.8 Å². The van der Waals surface area contributed by atoms with Crippen LogP contribution in [0.25, 0.3) is 0 Å². The number of aliphatic imine (C=N–C) groups is 1. The number of alkyl halides is 3. The first-order chi connectivity index (χ1) is 6.54. The molecular formula is C7H8F3N3O. The van der Waals surface area contributed by atoms with Gasteiger partial charge in [-0.25, -0.2) is 5.84 Å². The summed E-state index contributed by atoms with van der Waals surface area (Å²) in [5.41, 5.74) is 1.49. The van der Waals surface area contributed by atoms with Gasteiger partial charge in [0.1, 0.15) is 5.76 Å². The normalized spacial score (nSPS) is 13.0. The van der Waals surface area contributed by atoms with Crippen molar-refractivity contribution in [3.05, 3.63) is 24.2 Å². The molecule has 14 heavy (non-hydrogen) atoms. The maximum Gasteiger partial charge on any atom is 0.450 e. The van der Waals surface area contributed by atoms with Crippen molar-refractivity contribution in [1.82, 2.24) is 5.43 Å². The van der Waals surface area contributed by atoms with Crippen LogP contribution in [0.3, 0.4) is 0 Å². The van der Waals surface area contributed by atoms with Crippen molar-refractivity contribution in [3.8, 4) is 0 Å². The van der Waals surface area contributed by atoms with Crippen molar-refractivity contribution in [1.29, 1.82) is 0 Å². The monoisotopic (exact) mass is 207 g/mol. The molecule has 0 aliphatic rings. The van der Waals surface area contributed by atoms with Gasteiger partial charge in [-0.05, 0) is 12.1 Å². The minimum absolute atomic E-state index is 0.202. The van der Waals surface area contributed by atoms with Gasteiger partial charge in [0, 0.05) is 0 Å². The Balaban J connectivity index is 2.66. The Morgan fingerprint density at radius 2 is 2.29 bits per heavy atom. The SMILES string of the molecule is NNC(=NCc1ccco1)C(F)(F)F. The molecular weight excluding hydrogens is 199 g/mol. The fraction of sp³-hybridized carbons (Fsp3) is 0.286. The van der Waals surface area contributed by atoms with Crippen molar-refractivity contribution < 1.29 is 17.6 Å². The molecule has 0 aliphatic heterocycles. The summed E-state index contributed by atoms with van der Waals surface area (Å²) in [6.07, 6.45) is -3.21. The van der Waals surface area contributed by atoms with Crippen LogP contribution in [0.5, 0.6) is 0 Å². The molecule has 0 spiro atoms. The van der Waals surface area contributed by atoms with Crippen LogP contribution < -0.4 is 11.3 Å². The predicted molar refractivity (Wildman–Crippen MR) is 43.2 cm³/mol. The van der Waals surface area contributed by atoms with E-state index in [1.54, 1.807) is 6.07 Å². The lowest BCUT2D eigenvalue weighted by molar-refractivity contribution is -0.0620. The van der Waals surface area contributed by atoms with Crippen LogP contribution in [0.2, 0.25) is 0 Å². The van der Waals surface area contributed by atoms with Gasteiger partial charge in [0.25, 0.3) is 0 Å². The van der Waals surface area contributed by atoms with Gasteiger partial charge in [0.05, 0.1) is 12.8 Å². The van der Waals surface area contributed by atoms with Gasteiger partial charge in [0.2, 0.25) is 5.84 Å². The third-order valence-corrected chi connectivity index (χ3v) is 1.38. The average molecular weight is 207 g/mol. The Bertz CT molecular complexity index is 304. The van der Waals surface area contributed by atoms with Crippen LogP contribution in [0, 0.1) is 0 Å². The lowest BCUT2D eigenvalue weighted by Gasteiger charge is -2.08. The lowest BCUT2D eigenvalue weighted by Crippen LogP contribution is -2.41. The van der Waals surface area contributed by atoms with E-state index in [1.807, 2.05) is 0 Å². The molecule has 0 amide bonds. The number of halogens is 3. The highest BCUT2D eigenvalue weighted by Crippen LogP contribution is 2.16. The molecule has 7 heteroatoms. The zero-order chi connectivity index (χ0) is 10.6. The predicted octanol–water partition coefficient (Wildman–Crippen LogP) is 1.20. The summed E-state index contributed by atoms with van der Waals surface area (Å²) >= 11 is 0. The molecule has 78 valence electrons. The number of hydrogen-bond donors (Lipinski definition) is 2. The maximum absolute atomic E-state index is 12.0. The summed E-state index contributed by atoms with van der Waals surface area (Å²) in [6, 6.07) is 3.09. The molecule has 0 saturated heterocycles. The van der Waals surface area contributed by atoms with E-state index in [1.165, 1.54) is 17.8 Å². The lowest BCUT2D eigenvalue weighted by atomic mass is 10.4. The van der Waals surface area contributed by atoms with Crippen molar-refractivity contribution >= 4 is 5.84 Å². The maximum atomic E-state index is 12.0. The van der Waals surface area contributed by atoms with E-state index >= 15 is 0 Å². The van der Waals surface area contributed by atoms with E-state index in [0.29, 0.717) is 5.76 Å². The first kappa shape index (κ1) is 10.6. The third-order valence-electron chi connectivity index (χ3n) is 1.38. The highest BCUT2D eigenvalue weighted by Gasteiger charge is 2.35.